The molecule has 1 N–H and O–H groups in total. The molecule has 5 atom stereocenters. The highest BCUT2D eigenvalue weighted by atomic mass is 16.7. The predicted octanol–water partition coefficient (Wildman–Crippen LogP) is -1.91. The van der Waals surface area contributed by atoms with Crippen LogP contribution in [0.2, 0.25) is 0 Å². The van der Waals surface area contributed by atoms with E-state index >= 15 is 0 Å². The minimum absolute atomic E-state index is 0.0708. The van der Waals surface area contributed by atoms with Crippen molar-refractivity contribution in [3.8, 4) is 0 Å². The van der Waals surface area contributed by atoms with Gasteiger partial charge < -0.3 is 24.1 Å². The Kier molecular flexibility index (Phi) is 2.57. The summed E-state index contributed by atoms with van der Waals surface area (Å²) in [5.74, 6) is 0. The van der Waals surface area contributed by atoms with Crippen LogP contribution in [-0.2, 0) is 18.9 Å². The second-order valence-electron chi connectivity index (χ2n) is 3.82. The molecule has 5 unspecified atom stereocenters. The quantitative estimate of drug-likeness (QED) is 0.541. The van der Waals surface area contributed by atoms with Crippen molar-refractivity contribution in [1.29, 1.82) is 0 Å². The largest absolute Gasteiger partial charge is 0.381 e. The van der Waals surface area contributed by atoms with Gasteiger partial charge in [0.05, 0.1) is 12.6 Å². The van der Waals surface area contributed by atoms with E-state index in [0.717, 1.165) is 0 Å². The van der Waals surface area contributed by atoms with Gasteiger partial charge in [0.25, 0.3) is 0 Å². The number of ether oxygens (including phenoxy) is 4. The Bertz CT molecular complexity index is 226. The smallest absolute Gasteiger partial charge is 0.189 e. The van der Waals surface area contributed by atoms with Gasteiger partial charge in [-0.3, -0.25) is 0 Å². The van der Waals surface area contributed by atoms with Crippen molar-refractivity contribution in [3.63, 3.8) is 0 Å². The number of aliphatic hydroxyl groups excluding tert-OH is 1. The molecule has 0 aliphatic carbocycles. The van der Waals surface area contributed by atoms with Gasteiger partial charge >= 0.3 is 0 Å². The van der Waals surface area contributed by atoms with Gasteiger partial charge in [-0.05, 0) is 0 Å². The summed E-state index contributed by atoms with van der Waals surface area (Å²) in [5.41, 5.74) is -0.854. The highest BCUT2D eigenvalue weighted by molar-refractivity contribution is 6.11. The number of methoxy groups -OCH3 is 2. The van der Waals surface area contributed by atoms with E-state index < -0.39 is 11.9 Å². The molecule has 5 nitrogen and oxygen atoms in total. The first-order valence-corrected chi connectivity index (χ1v) is 4.69. The van der Waals surface area contributed by atoms with Crippen LogP contribution in [0, 0.1) is 0 Å². The Morgan fingerprint density at radius 1 is 1.50 bits per heavy atom. The van der Waals surface area contributed by atoms with Gasteiger partial charge in [0.15, 0.2) is 11.9 Å². The van der Waals surface area contributed by atoms with Gasteiger partial charge in [0.2, 0.25) is 0 Å². The van der Waals surface area contributed by atoms with E-state index in [9.17, 15) is 5.11 Å². The summed E-state index contributed by atoms with van der Waals surface area (Å²) in [6, 6.07) is -0.0708. The van der Waals surface area contributed by atoms with Crippen molar-refractivity contribution in [3.05, 3.63) is 0 Å². The first kappa shape index (κ1) is 10.4. The summed E-state index contributed by atoms with van der Waals surface area (Å²) in [4.78, 5) is 0. The lowest BCUT2D eigenvalue weighted by atomic mass is 9.91. The van der Waals surface area contributed by atoms with E-state index in [4.69, 9.17) is 18.9 Å². The summed E-state index contributed by atoms with van der Waals surface area (Å²) >= 11 is 0. The first-order chi connectivity index (χ1) is 6.65. The fourth-order valence-electron chi connectivity index (χ4n) is 2.40. The molecule has 2 heterocycles. The molecular weight excluding hydrogens is 187 g/mol. The number of rotatable bonds is 3. The zero-order chi connectivity index (χ0) is 10.3. The molecule has 2 aliphatic rings. The molecule has 0 radical (unpaired) electrons. The molecule has 0 amide bonds. The first-order valence-electron chi connectivity index (χ1n) is 4.69. The number of fused-ring (bicyclic) bond motifs is 2. The molecule has 2 saturated heterocycles. The van der Waals surface area contributed by atoms with E-state index in [1.165, 1.54) is 0 Å². The maximum Gasteiger partial charge on any atom is 0.189 e. The number of aliphatic hydroxyl groups is 1. The van der Waals surface area contributed by atoms with Crippen LogP contribution in [0.25, 0.3) is 0 Å². The van der Waals surface area contributed by atoms with Gasteiger partial charge in [-0.2, -0.15) is 0 Å². The topological polar surface area (TPSA) is 57.2 Å². The van der Waals surface area contributed by atoms with E-state index in [1.54, 1.807) is 14.2 Å². The fraction of sp³-hybridized carbons (Fsp3) is 1.00. The van der Waals surface area contributed by atoms with Gasteiger partial charge in [0, 0.05) is 14.2 Å². The van der Waals surface area contributed by atoms with Crippen LogP contribution in [0.3, 0.4) is 0 Å². The Labute approximate surface area is 83.7 Å². The molecule has 2 bridgehead atoms. The Morgan fingerprint density at radius 3 is 2.79 bits per heavy atom. The average molecular weight is 202 g/mol. The molecule has 80 valence electrons. The normalized spacial score (nSPS) is 51.4. The van der Waals surface area contributed by atoms with Gasteiger partial charge in [-0.1, -0.05) is 0 Å². The molecule has 2 rings (SSSR count). The SMILES string of the molecule is BC1OC2(COC)C(O)OC1C2OC. The van der Waals surface area contributed by atoms with Crippen LogP contribution in [0.5, 0.6) is 0 Å². The fourth-order valence-corrected chi connectivity index (χ4v) is 2.40. The highest BCUT2D eigenvalue weighted by Crippen LogP contribution is 2.44. The third-order valence-corrected chi connectivity index (χ3v) is 2.98. The maximum absolute atomic E-state index is 9.71. The third kappa shape index (κ3) is 1.15. The van der Waals surface area contributed by atoms with Crippen LogP contribution in [0.15, 0.2) is 0 Å². The predicted molar refractivity (Wildman–Crippen MR) is 49.7 cm³/mol. The molecule has 0 aromatic carbocycles. The van der Waals surface area contributed by atoms with Gasteiger partial charge in [-0.25, -0.2) is 0 Å². The van der Waals surface area contributed by atoms with E-state index in [0.29, 0.717) is 0 Å². The molecule has 0 aromatic rings. The van der Waals surface area contributed by atoms with Crippen molar-refractivity contribution < 1.29 is 24.1 Å². The van der Waals surface area contributed by atoms with Crippen LogP contribution >= 0.6 is 0 Å². The minimum atomic E-state index is -0.964. The van der Waals surface area contributed by atoms with Crippen molar-refractivity contribution in [2.24, 2.45) is 0 Å². The van der Waals surface area contributed by atoms with Crippen LogP contribution in [0.4, 0.5) is 0 Å². The summed E-state index contributed by atoms with van der Waals surface area (Å²) in [6.07, 6.45) is -1.42. The second-order valence-corrected chi connectivity index (χ2v) is 3.82. The molecule has 14 heavy (non-hydrogen) atoms. The number of hydrogen-bond donors (Lipinski definition) is 1. The van der Waals surface area contributed by atoms with Crippen LogP contribution in [0.1, 0.15) is 0 Å². The summed E-state index contributed by atoms with van der Waals surface area (Å²) < 4.78 is 21.4. The lowest BCUT2D eigenvalue weighted by molar-refractivity contribution is -0.255. The van der Waals surface area contributed by atoms with E-state index in [2.05, 4.69) is 0 Å². The molecule has 2 fully saturated rings. The molecule has 0 spiro atoms. The van der Waals surface area contributed by atoms with Crippen molar-refractivity contribution in [2.45, 2.75) is 30.1 Å². The third-order valence-electron chi connectivity index (χ3n) is 2.98. The summed E-state index contributed by atoms with van der Waals surface area (Å²) in [7, 11) is 5.05. The van der Waals surface area contributed by atoms with Crippen LogP contribution in [-0.4, -0.2) is 63.9 Å². The molecule has 2 aliphatic heterocycles. The van der Waals surface area contributed by atoms with Gasteiger partial charge in [0.1, 0.15) is 20.1 Å². The summed E-state index contributed by atoms with van der Waals surface area (Å²) in [6.45, 7) is 0.271. The Hall–Kier alpha value is -0.135. The second kappa shape index (κ2) is 3.46. The zero-order valence-electron chi connectivity index (χ0n) is 8.60. The standard InChI is InChI=1S/C8H15BO5/c1-11-3-8-5(12-2)4(6(9)14-8)13-7(8)10/h4-7,10H,3,9H2,1-2H3. The van der Waals surface area contributed by atoms with Crippen molar-refractivity contribution in [2.75, 3.05) is 20.8 Å². The molecule has 0 saturated carbocycles. The Balaban J connectivity index is 2.25. The molecular formula is C8H15BO5. The average Bonchev–Trinajstić information content (AvgIpc) is 2.54. The number of hydrogen-bond acceptors (Lipinski definition) is 5. The molecule has 0 aromatic heterocycles. The monoisotopic (exact) mass is 202 g/mol. The Morgan fingerprint density at radius 2 is 2.21 bits per heavy atom. The van der Waals surface area contributed by atoms with E-state index in [-0.39, 0.29) is 24.8 Å². The zero-order valence-corrected chi connectivity index (χ0v) is 8.60. The van der Waals surface area contributed by atoms with Crippen molar-refractivity contribution >= 4 is 7.85 Å². The lowest BCUT2D eigenvalue weighted by Crippen LogP contribution is -2.52. The van der Waals surface area contributed by atoms with E-state index in [1.807, 2.05) is 7.85 Å². The van der Waals surface area contributed by atoms with Crippen LogP contribution < -0.4 is 0 Å². The highest BCUT2D eigenvalue weighted by Gasteiger charge is 2.65. The summed E-state index contributed by atoms with van der Waals surface area (Å²) in [5, 5.41) is 9.71. The van der Waals surface area contributed by atoms with Crippen molar-refractivity contribution in [1.82, 2.24) is 0 Å². The minimum Gasteiger partial charge on any atom is -0.381 e. The lowest BCUT2D eigenvalue weighted by Gasteiger charge is -2.33. The van der Waals surface area contributed by atoms with Gasteiger partial charge in [-0.15, -0.1) is 0 Å². The molecule has 6 heteroatoms. The maximum atomic E-state index is 9.71.